The lowest BCUT2D eigenvalue weighted by Crippen LogP contribution is -2.51. The van der Waals surface area contributed by atoms with Crippen LogP contribution in [0.4, 0.5) is 0 Å². The van der Waals surface area contributed by atoms with E-state index in [0.717, 1.165) is 21.8 Å². The van der Waals surface area contributed by atoms with Crippen molar-refractivity contribution in [3.05, 3.63) is 105 Å². The molecule has 174 valence electrons. The minimum atomic E-state index is -1.44. The van der Waals surface area contributed by atoms with E-state index in [1.54, 1.807) is 0 Å². The number of aromatic nitrogens is 2. The van der Waals surface area contributed by atoms with E-state index in [9.17, 15) is 19.8 Å². The quantitative estimate of drug-likeness (QED) is 0.440. The number of nitrogens with one attached hydrogen (secondary N) is 1. The maximum atomic E-state index is 12.3. The highest BCUT2D eigenvalue weighted by Gasteiger charge is 2.56. The van der Waals surface area contributed by atoms with Crippen LogP contribution in [0, 0.1) is 0 Å². The minimum absolute atomic E-state index is 0.0937. The van der Waals surface area contributed by atoms with Gasteiger partial charge in [0.05, 0.1) is 26.4 Å². The number of nitrogens with zero attached hydrogens (tertiary/aromatic N) is 1. The number of hydrogen-bond donors (Lipinski definition) is 3. The summed E-state index contributed by atoms with van der Waals surface area (Å²) in [6, 6.07) is 20.0. The molecular weight excluding hydrogens is 428 g/mol. The van der Waals surface area contributed by atoms with Crippen molar-refractivity contribution in [3.8, 4) is 0 Å². The zero-order valence-electron chi connectivity index (χ0n) is 17.9. The van der Waals surface area contributed by atoms with E-state index >= 15 is 0 Å². The molecule has 1 saturated heterocycles. The maximum Gasteiger partial charge on any atom is 0.330 e. The topological polar surface area (TPSA) is 123 Å². The highest BCUT2D eigenvalue weighted by molar-refractivity contribution is 5.15. The molecule has 0 aliphatic carbocycles. The Bertz CT molecular complexity index is 1150. The molecule has 4 rings (SSSR count). The summed E-state index contributed by atoms with van der Waals surface area (Å²) in [6.07, 6.45) is -2.28. The molecule has 2 heterocycles. The summed E-state index contributed by atoms with van der Waals surface area (Å²) in [5.74, 6) is 0. The molecule has 0 saturated carbocycles. The highest BCUT2D eigenvalue weighted by Crippen LogP contribution is 2.39. The highest BCUT2D eigenvalue weighted by atomic mass is 16.6. The van der Waals surface area contributed by atoms with E-state index in [2.05, 4.69) is 4.98 Å². The standard InChI is InChI=1S/C24H26N2O7/c27-15-24(16-31-13-17-7-3-1-4-8-17)21(32-14-18-9-5-2-6-10-18)20(29)22(33-24)26-12-11-19(28)25-23(26)30/h1-12,20-22,27,29H,13-16H2,(H,25,28,30)/t20-,21+,22?,24-/m1/s1. The Morgan fingerprint density at radius 2 is 1.61 bits per heavy atom. The van der Waals surface area contributed by atoms with Crippen LogP contribution in [0.25, 0.3) is 0 Å². The van der Waals surface area contributed by atoms with Crippen LogP contribution in [-0.4, -0.2) is 50.8 Å². The fourth-order valence-corrected chi connectivity index (χ4v) is 3.90. The summed E-state index contributed by atoms with van der Waals surface area (Å²) in [7, 11) is 0. The van der Waals surface area contributed by atoms with E-state index in [1.165, 1.54) is 6.20 Å². The predicted molar refractivity (Wildman–Crippen MR) is 118 cm³/mol. The van der Waals surface area contributed by atoms with Crippen LogP contribution in [0.5, 0.6) is 0 Å². The third kappa shape index (κ3) is 5.13. The Kier molecular flexibility index (Phi) is 7.17. The molecule has 33 heavy (non-hydrogen) atoms. The van der Waals surface area contributed by atoms with Crippen LogP contribution in [0.2, 0.25) is 0 Å². The molecular formula is C24H26N2O7. The van der Waals surface area contributed by atoms with Crippen molar-refractivity contribution in [1.82, 2.24) is 9.55 Å². The second kappa shape index (κ2) is 10.2. The molecule has 3 aromatic rings. The Labute approximate surface area is 189 Å². The van der Waals surface area contributed by atoms with Crippen LogP contribution in [0.1, 0.15) is 17.4 Å². The first kappa shape index (κ1) is 23.1. The minimum Gasteiger partial charge on any atom is -0.393 e. The van der Waals surface area contributed by atoms with E-state index in [0.29, 0.717) is 0 Å². The fourth-order valence-electron chi connectivity index (χ4n) is 3.90. The molecule has 1 aromatic heterocycles. The molecule has 1 aliphatic rings. The largest absolute Gasteiger partial charge is 0.393 e. The van der Waals surface area contributed by atoms with Crippen molar-refractivity contribution in [2.24, 2.45) is 0 Å². The first-order chi connectivity index (χ1) is 16.0. The SMILES string of the molecule is O=c1ccn(C2O[C@](CO)(COCc3ccccc3)[C@@H](OCc3ccccc3)[C@H]2O)c(=O)[nH]1. The summed E-state index contributed by atoms with van der Waals surface area (Å²) in [6.45, 7) is -0.202. The van der Waals surface area contributed by atoms with Gasteiger partial charge in [-0.15, -0.1) is 0 Å². The van der Waals surface area contributed by atoms with Gasteiger partial charge in [-0.2, -0.15) is 0 Å². The molecule has 0 bridgehead atoms. The average molecular weight is 454 g/mol. The van der Waals surface area contributed by atoms with Crippen molar-refractivity contribution < 1.29 is 24.4 Å². The van der Waals surface area contributed by atoms with Crippen molar-refractivity contribution in [2.75, 3.05) is 13.2 Å². The van der Waals surface area contributed by atoms with E-state index in [1.807, 2.05) is 60.7 Å². The monoisotopic (exact) mass is 454 g/mol. The maximum absolute atomic E-state index is 12.3. The molecule has 9 nitrogen and oxygen atoms in total. The Morgan fingerprint density at radius 3 is 2.21 bits per heavy atom. The molecule has 1 unspecified atom stereocenters. The zero-order valence-corrected chi connectivity index (χ0v) is 17.9. The van der Waals surface area contributed by atoms with Gasteiger partial charge >= 0.3 is 5.69 Å². The van der Waals surface area contributed by atoms with Crippen LogP contribution in [0.15, 0.2) is 82.5 Å². The number of H-pyrrole nitrogens is 1. The average Bonchev–Trinajstić information content (AvgIpc) is 3.10. The van der Waals surface area contributed by atoms with Gasteiger partial charge in [0, 0.05) is 12.3 Å². The molecule has 4 atom stereocenters. The van der Waals surface area contributed by atoms with Crippen LogP contribution < -0.4 is 11.2 Å². The molecule has 0 spiro atoms. The molecule has 1 fully saturated rings. The summed E-state index contributed by atoms with van der Waals surface area (Å²) in [5, 5.41) is 21.4. The van der Waals surface area contributed by atoms with Gasteiger partial charge in [0.2, 0.25) is 0 Å². The molecule has 2 aromatic carbocycles. The number of benzene rings is 2. The summed E-state index contributed by atoms with van der Waals surface area (Å²) < 4.78 is 19.0. The van der Waals surface area contributed by atoms with Gasteiger partial charge in [-0.05, 0) is 11.1 Å². The first-order valence-electron chi connectivity index (χ1n) is 10.6. The zero-order chi connectivity index (χ0) is 23.3. The van der Waals surface area contributed by atoms with E-state index in [4.69, 9.17) is 14.2 Å². The number of rotatable bonds is 9. The number of ether oxygens (including phenoxy) is 3. The summed E-state index contributed by atoms with van der Waals surface area (Å²) >= 11 is 0. The van der Waals surface area contributed by atoms with Gasteiger partial charge in [0.25, 0.3) is 5.56 Å². The van der Waals surface area contributed by atoms with Gasteiger partial charge < -0.3 is 24.4 Å². The predicted octanol–water partition coefficient (Wildman–Crippen LogP) is 0.960. The van der Waals surface area contributed by atoms with Crippen molar-refractivity contribution >= 4 is 0 Å². The third-order valence-electron chi connectivity index (χ3n) is 5.60. The number of aromatic amines is 1. The molecule has 3 N–H and O–H groups in total. The number of hydrogen-bond acceptors (Lipinski definition) is 7. The van der Waals surface area contributed by atoms with Gasteiger partial charge in [0.15, 0.2) is 6.23 Å². The lowest BCUT2D eigenvalue weighted by Gasteiger charge is -2.32. The van der Waals surface area contributed by atoms with Crippen LogP contribution >= 0.6 is 0 Å². The molecule has 0 radical (unpaired) electrons. The van der Waals surface area contributed by atoms with Crippen LogP contribution in [0.3, 0.4) is 0 Å². The molecule has 9 heteroatoms. The second-order valence-corrected chi connectivity index (χ2v) is 7.93. The lowest BCUT2D eigenvalue weighted by atomic mass is 9.96. The third-order valence-corrected chi connectivity index (χ3v) is 5.60. The van der Waals surface area contributed by atoms with Crippen molar-refractivity contribution in [2.45, 2.75) is 37.3 Å². The Balaban J connectivity index is 1.59. The summed E-state index contributed by atoms with van der Waals surface area (Å²) in [4.78, 5) is 25.9. The molecule has 1 aliphatic heterocycles. The normalized spacial score (nSPS) is 24.7. The Morgan fingerprint density at radius 1 is 0.970 bits per heavy atom. The van der Waals surface area contributed by atoms with Gasteiger partial charge in [0.1, 0.15) is 17.8 Å². The van der Waals surface area contributed by atoms with Gasteiger partial charge in [-0.3, -0.25) is 14.3 Å². The molecule has 0 amide bonds. The lowest BCUT2D eigenvalue weighted by molar-refractivity contribution is -0.175. The van der Waals surface area contributed by atoms with Crippen molar-refractivity contribution in [1.29, 1.82) is 0 Å². The van der Waals surface area contributed by atoms with Crippen LogP contribution in [-0.2, 0) is 27.4 Å². The fraction of sp³-hybridized carbons (Fsp3) is 0.333. The van der Waals surface area contributed by atoms with Crippen molar-refractivity contribution in [3.63, 3.8) is 0 Å². The summed E-state index contributed by atoms with van der Waals surface area (Å²) in [5.41, 5.74) is -0.957. The first-order valence-corrected chi connectivity index (χ1v) is 10.6. The number of aliphatic hydroxyl groups is 2. The van der Waals surface area contributed by atoms with Gasteiger partial charge in [-0.1, -0.05) is 60.7 Å². The Hall–Kier alpha value is -3.08. The smallest absolute Gasteiger partial charge is 0.330 e. The van der Waals surface area contributed by atoms with E-state index < -0.39 is 41.9 Å². The van der Waals surface area contributed by atoms with E-state index in [-0.39, 0.29) is 19.8 Å². The number of aliphatic hydroxyl groups excluding tert-OH is 2. The van der Waals surface area contributed by atoms with Gasteiger partial charge in [-0.25, -0.2) is 4.79 Å². The second-order valence-electron chi connectivity index (χ2n) is 7.93.